The fraction of sp³-hybridized carbons (Fsp3) is 0.465. The van der Waals surface area contributed by atoms with Gasteiger partial charge in [-0.1, -0.05) is 17.7 Å². The first-order chi connectivity index (χ1) is 30.3. The molecule has 0 bridgehead atoms. The molecule has 2 unspecified atom stereocenters. The molecule has 5 aliphatic heterocycles. The van der Waals surface area contributed by atoms with E-state index in [1.807, 2.05) is 11.0 Å². The lowest BCUT2D eigenvalue weighted by molar-refractivity contribution is -0.136. The Balaban J connectivity index is 0.780. The van der Waals surface area contributed by atoms with Crippen LogP contribution in [0.3, 0.4) is 0 Å². The van der Waals surface area contributed by atoms with Crippen molar-refractivity contribution in [2.24, 2.45) is 18.9 Å². The Kier molecular flexibility index (Phi) is 10.2. The van der Waals surface area contributed by atoms with Crippen molar-refractivity contribution in [1.82, 2.24) is 29.7 Å². The summed E-state index contributed by atoms with van der Waals surface area (Å²) in [6, 6.07) is 5.54. The van der Waals surface area contributed by atoms with Gasteiger partial charge in [0.2, 0.25) is 23.5 Å². The van der Waals surface area contributed by atoms with E-state index < -0.39 is 59.6 Å². The summed E-state index contributed by atoms with van der Waals surface area (Å²) in [6.07, 6.45) is 4.59. The van der Waals surface area contributed by atoms with Crippen LogP contribution in [-0.2, 0) is 16.6 Å². The minimum atomic E-state index is -3.22. The summed E-state index contributed by atoms with van der Waals surface area (Å²) in [7, 11) is 1.44. The Bertz CT molecular complexity index is 2650. The van der Waals surface area contributed by atoms with E-state index in [0.717, 1.165) is 37.4 Å². The number of aromatic nitrogens is 3. The Labute approximate surface area is 363 Å². The lowest BCUT2D eigenvalue weighted by Crippen LogP contribution is -2.54. The van der Waals surface area contributed by atoms with Crippen LogP contribution in [0.15, 0.2) is 41.3 Å². The summed E-state index contributed by atoms with van der Waals surface area (Å²) in [5.41, 5.74) is 0.836. The number of hydrogen-bond donors (Lipinski definition) is 3. The number of rotatable bonds is 8. The zero-order chi connectivity index (χ0) is 43.9. The van der Waals surface area contributed by atoms with E-state index >= 15 is 13.2 Å². The maximum Gasteiger partial charge on any atom is 0.301 e. The van der Waals surface area contributed by atoms with Crippen LogP contribution >= 0.6 is 11.6 Å². The summed E-state index contributed by atoms with van der Waals surface area (Å²) >= 11 is 6.54. The van der Waals surface area contributed by atoms with Gasteiger partial charge in [0.15, 0.2) is 12.4 Å². The standard InChI is InChI=1S/C43H44ClF3N10O6/c1-53-31-18-27(45)28(17-25(31)34-35(41(53)62)63-21-43(46,47)36(51-34)23-5-6-23)49-37-26(44)19-48-42(52-37)56-11-9-22(10-12-56)20-54-13-15-55(16-14-54)29-4-2-3-24-33(29)40(61)57(39(24)60)30-7-8-32(58)50-38(30)59/h2-4,17-19,22-23,30,36,51H,5-16,20-21H2,1H3,(H,48,49,52)(H,50,58,59). The Morgan fingerprint density at radius 2 is 1.71 bits per heavy atom. The van der Waals surface area contributed by atoms with Crippen LogP contribution in [0.2, 0.25) is 5.02 Å². The molecule has 2 atom stereocenters. The number of ether oxygens (including phenoxy) is 1. The van der Waals surface area contributed by atoms with E-state index in [4.69, 9.17) is 16.3 Å². The fourth-order valence-electron chi connectivity index (χ4n) is 9.65. The quantitative estimate of drug-likeness (QED) is 0.211. The first-order valence-electron chi connectivity index (χ1n) is 21.3. The predicted molar refractivity (Wildman–Crippen MR) is 227 cm³/mol. The Morgan fingerprint density at radius 3 is 2.44 bits per heavy atom. The van der Waals surface area contributed by atoms with Gasteiger partial charge in [0.25, 0.3) is 17.4 Å². The smallest absolute Gasteiger partial charge is 0.301 e. The van der Waals surface area contributed by atoms with E-state index in [0.29, 0.717) is 67.5 Å². The number of imide groups is 2. The molecule has 3 saturated heterocycles. The molecular formula is C43H44ClF3N10O6. The second kappa shape index (κ2) is 15.7. The molecule has 1 saturated carbocycles. The van der Waals surface area contributed by atoms with E-state index in [9.17, 15) is 24.0 Å². The van der Waals surface area contributed by atoms with Crippen molar-refractivity contribution < 1.29 is 37.1 Å². The molecule has 7 heterocycles. The van der Waals surface area contributed by atoms with Crippen molar-refractivity contribution in [3.05, 3.63) is 68.8 Å². The monoisotopic (exact) mass is 888 g/mol. The number of carbonyl (C=O) groups is 4. The summed E-state index contributed by atoms with van der Waals surface area (Å²) in [5, 5.41) is 8.61. The molecule has 10 rings (SSSR count). The van der Waals surface area contributed by atoms with Crippen LogP contribution in [0.5, 0.6) is 5.75 Å². The number of pyridine rings is 1. The highest BCUT2D eigenvalue weighted by atomic mass is 35.5. The summed E-state index contributed by atoms with van der Waals surface area (Å²) < 4.78 is 52.7. The zero-order valence-corrected chi connectivity index (χ0v) is 35.0. The minimum Gasteiger partial charge on any atom is -0.480 e. The van der Waals surface area contributed by atoms with Crippen molar-refractivity contribution >= 4 is 75.0 Å². The highest BCUT2D eigenvalue weighted by molar-refractivity contribution is 6.33. The molecule has 4 aromatic rings. The first kappa shape index (κ1) is 41.1. The van der Waals surface area contributed by atoms with Gasteiger partial charge in [-0.2, -0.15) is 4.98 Å². The third-order valence-electron chi connectivity index (χ3n) is 13.3. The molecule has 3 N–H and O–H groups in total. The molecular weight excluding hydrogens is 845 g/mol. The van der Waals surface area contributed by atoms with Gasteiger partial charge in [0, 0.05) is 70.7 Å². The lowest BCUT2D eigenvalue weighted by atomic mass is 9.96. The number of nitrogens with zero attached hydrogens (tertiary/aromatic N) is 7. The van der Waals surface area contributed by atoms with Gasteiger partial charge in [-0.05, 0) is 62.1 Å². The minimum absolute atomic E-state index is 0.0274. The highest BCUT2D eigenvalue weighted by Gasteiger charge is 2.51. The van der Waals surface area contributed by atoms with Crippen LogP contribution in [0.1, 0.15) is 59.2 Å². The number of hydrogen-bond acceptors (Lipinski definition) is 13. The third-order valence-corrected chi connectivity index (χ3v) is 13.5. The lowest BCUT2D eigenvalue weighted by Gasteiger charge is -2.40. The van der Waals surface area contributed by atoms with Crippen molar-refractivity contribution in [2.75, 3.05) is 72.9 Å². The van der Waals surface area contributed by atoms with Gasteiger partial charge in [-0.25, -0.2) is 18.2 Å². The average molecular weight is 889 g/mol. The molecule has 330 valence electrons. The number of nitrogens with one attached hydrogen (secondary N) is 3. The van der Waals surface area contributed by atoms with Crippen LogP contribution < -0.4 is 36.0 Å². The third kappa shape index (κ3) is 7.37. The number of fused-ring (bicyclic) bond motifs is 4. The normalized spacial score (nSPS) is 23.0. The highest BCUT2D eigenvalue weighted by Crippen LogP contribution is 2.46. The van der Waals surface area contributed by atoms with Crippen molar-refractivity contribution in [1.29, 1.82) is 0 Å². The first-order valence-corrected chi connectivity index (χ1v) is 21.6. The molecule has 63 heavy (non-hydrogen) atoms. The van der Waals surface area contributed by atoms with E-state index in [1.165, 1.54) is 29.9 Å². The number of alkyl halides is 2. The predicted octanol–water partition coefficient (Wildman–Crippen LogP) is 4.52. The zero-order valence-electron chi connectivity index (χ0n) is 34.3. The number of piperazine rings is 1. The molecule has 0 radical (unpaired) electrons. The number of carbonyl (C=O) groups excluding carboxylic acids is 4. The molecule has 0 spiro atoms. The van der Waals surface area contributed by atoms with Crippen molar-refractivity contribution in [3.8, 4) is 5.75 Å². The molecule has 4 fully saturated rings. The average Bonchev–Trinajstić information content (AvgIpc) is 4.09. The molecule has 20 heteroatoms. The molecule has 16 nitrogen and oxygen atoms in total. The summed E-state index contributed by atoms with van der Waals surface area (Å²) in [4.78, 5) is 81.3. The number of aryl methyl sites for hydroxylation is 1. The molecule has 1 aliphatic carbocycles. The van der Waals surface area contributed by atoms with Crippen LogP contribution in [-0.4, -0.2) is 118 Å². The largest absolute Gasteiger partial charge is 0.480 e. The van der Waals surface area contributed by atoms with E-state index in [-0.39, 0.29) is 57.8 Å². The number of benzene rings is 2. The van der Waals surface area contributed by atoms with Crippen LogP contribution in [0.25, 0.3) is 10.9 Å². The van der Waals surface area contributed by atoms with Gasteiger partial charge in [-0.15, -0.1) is 0 Å². The van der Waals surface area contributed by atoms with Gasteiger partial charge in [-0.3, -0.25) is 39.1 Å². The van der Waals surface area contributed by atoms with Crippen molar-refractivity contribution in [2.45, 2.75) is 56.5 Å². The topological polar surface area (TPSA) is 174 Å². The number of halogens is 4. The molecule has 2 aromatic carbocycles. The van der Waals surface area contributed by atoms with Crippen molar-refractivity contribution in [3.63, 3.8) is 0 Å². The summed E-state index contributed by atoms with van der Waals surface area (Å²) in [5.74, 6) is -5.59. The van der Waals surface area contributed by atoms with Gasteiger partial charge in [0.1, 0.15) is 16.9 Å². The second-order valence-corrected chi connectivity index (χ2v) is 17.7. The van der Waals surface area contributed by atoms with Gasteiger partial charge < -0.3 is 29.7 Å². The van der Waals surface area contributed by atoms with Crippen LogP contribution in [0.4, 0.5) is 42.0 Å². The van der Waals surface area contributed by atoms with Gasteiger partial charge >= 0.3 is 5.92 Å². The summed E-state index contributed by atoms with van der Waals surface area (Å²) in [6.45, 7) is 4.05. The SMILES string of the molecule is Cn1c(=O)c2c(c3cc(Nc4nc(N5CCC(CN6CCN(c7cccc8c7C(=O)N(C7CCC(=O)NC7=O)C8=O)CC6)CC5)ncc4Cl)c(F)cc31)NC(C1CC1)C(F)(F)CO2. The van der Waals surface area contributed by atoms with E-state index in [1.54, 1.807) is 12.1 Å². The number of amides is 4. The maximum absolute atomic E-state index is 15.8. The number of anilines is 5. The number of piperidine rings is 2. The molecule has 4 amide bonds. The van der Waals surface area contributed by atoms with E-state index in [2.05, 4.69) is 35.7 Å². The molecule has 2 aromatic heterocycles. The Hall–Kier alpha value is -5.95. The maximum atomic E-state index is 15.8. The fourth-order valence-corrected chi connectivity index (χ4v) is 9.79. The second-order valence-electron chi connectivity index (χ2n) is 17.3. The Morgan fingerprint density at radius 1 is 0.952 bits per heavy atom. The van der Waals surface area contributed by atoms with Crippen LogP contribution in [0, 0.1) is 17.7 Å². The van der Waals surface area contributed by atoms with Gasteiger partial charge in [0.05, 0.1) is 45.9 Å². The molecule has 6 aliphatic rings.